The van der Waals surface area contributed by atoms with Crippen LogP contribution in [0.1, 0.15) is 77.3 Å². The van der Waals surface area contributed by atoms with Gasteiger partial charge in [-0.2, -0.15) is 0 Å². The second-order valence-corrected chi connectivity index (χ2v) is 13.2. The van der Waals surface area contributed by atoms with Gasteiger partial charge in [-0.3, -0.25) is 0 Å². The van der Waals surface area contributed by atoms with Crippen LogP contribution in [0.3, 0.4) is 0 Å². The molecule has 0 saturated carbocycles. The van der Waals surface area contributed by atoms with Crippen molar-refractivity contribution in [3.05, 3.63) is 103 Å². The molecule has 6 heteroatoms. The summed E-state index contributed by atoms with van der Waals surface area (Å²) in [5.74, 6) is 2.50. The highest BCUT2D eigenvalue weighted by atomic mass is 15.4. The number of pyridine rings is 3. The highest BCUT2D eigenvalue weighted by molar-refractivity contribution is 6.71. The molecule has 2 aliphatic heterocycles. The highest BCUT2D eigenvalue weighted by Crippen LogP contribution is 2.57. The molecule has 44 heavy (non-hydrogen) atoms. The summed E-state index contributed by atoms with van der Waals surface area (Å²) >= 11 is 0. The van der Waals surface area contributed by atoms with Crippen LogP contribution in [0.5, 0.6) is 0 Å². The van der Waals surface area contributed by atoms with Crippen LogP contribution in [-0.4, -0.2) is 25.1 Å². The molecule has 1 saturated heterocycles. The van der Waals surface area contributed by atoms with E-state index in [1.165, 1.54) is 41.0 Å². The number of hydrogen-bond acceptors (Lipinski definition) is 3. The fraction of sp³-hybridized carbons (Fsp3) is 0.447. The Balaban J connectivity index is 1.37. The summed E-state index contributed by atoms with van der Waals surface area (Å²) in [6.45, 7) is 12.0. The Morgan fingerprint density at radius 2 is 1.61 bits per heavy atom. The van der Waals surface area contributed by atoms with Gasteiger partial charge in [-0.25, -0.2) is 14.1 Å². The quantitative estimate of drug-likeness (QED) is 0.136. The number of benzene rings is 1. The summed E-state index contributed by atoms with van der Waals surface area (Å²) in [6, 6.07) is 26.9. The molecule has 0 spiro atoms. The van der Waals surface area contributed by atoms with Crippen molar-refractivity contribution < 1.29 is 9.13 Å². The minimum atomic E-state index is -0.0196. The van der Waals surface area contributed by atoms with Crippen LogP contribution < -0.4 is 18.8 Å². The molecule has 1 fully saturated rings. The van der Waals surface area contributed by atoms with Gasteiger partial charge in [0, 0.05) is 36.5 Å². The second kappa shape index (κ2) is 12.7. The summed E-state index contributed by atoms with van der Waals surface area (Å²) in [5.41, 5.74) is 5.44. The maximum absolute atomic E-state index is 4.99. The zero-order valence-corrected chi connectivity index (χ0v) is 27.5. The van der Waals surface area contributed by atoms with Crippen LogP contribution in [0, 0.1) is 0 Å². The molecule has 4 aromatic rings. The molecule has 0 amide bonds. The van der Waals surface area contributed by atoms with E-state index in [0.29, 0.717) is 0 Å². The van der Waals surface area contributed by atoms with E-state index >= 15 is 0 Å². The van der Waals surface area contributed by atoms with Gasteiger partial charge in [0.1, 0.15) is 18.4 Å². The highest BCUT2D eigenvalue weighted by Gasteiger charge is 2.70. The molecule has 0 radical (unpaired) electrons. The third-order valence-electron chi connectivity index (χ3n) is 11.0. The van der Waals surface area contributed by atoms with E-state index in [0.717, 1.165) is 57.4 Å². The Morgan fingerprint density at radius 1 is 0.841 bits per heavy atom. The Morgan fingerprint density at radius 3 is 2.41 bits per heavy atom. The summed E-state index contributed by atoms with van der Waals surface area (Å²) in [6.07, 6.45) is 15.6. The normalized spacial score (nSPS) is 21.0. The first-order chi connectivity index (χ1) is 21.5. The van der Waals surface area contributed by atoms with E-state index in [2.05, 4.69) is 139 Å². The van der Waals surface area contributed by atoms with E-state index < -0.39 is 0 Å². The summed E-state index contributed by atoms with van der Waals surface area (Å²) < 4.78 is 4.91. The zero-order valence-electron chi connectivity index (χ0n) is 27.5. The minimum absolute atomic E-state index is 0.0176. The number of aryl methyl sites for hydroxylation is 3. The van der Waals surface area contributed by atoms with Gasteiger partial charge in [0.25, 0.3) is 5.82 Å². The Hall–Kier alpha value is -3.67. The lowest BCUT2D eigenvalue weighted by Crippen LogP contribution is -2.75. The zero-order chi connectivity index (χ0) is 30.7. The maximum atomic E-state index is 4.99. The first-order valence-electron chi connectivity index (χ1n) is 17.0. The van der Waals surface area contributed by atoms with Crippen LogP contribution in [-0.2, 0) is 25.4 Å². The molecule has 228 valence electrons. The third-order valence-corrected chi connectivity index (χ3v) is 11.0. The topological polar surface area (TPSA) is 27.1 Å². The van der Waals surface area contributed by atoms with Crippen molar-refractivity contribution in [3.8, 4) is 11.3 Å². The fourth-order valence-corrected chi connectivity index (χ4v) is 8.53. The maximum Gasteiger partial charge on any atom is 0.508 e. The van der Waals surface area contributed by atoms with Crippen LogP contribution in [0.15, 0.2) is 91.4 Å². The number of anilines is 2. The van der Waals surface area contributed by atoms with Crippen molar-refractivity contribution in [2.75, 3.05) is 22.7 Å². The fourth-order valence-electron chi connectivity index (χ4n) is 8.53. The summed E-state index contributed by atoms with van der Waals surface area (Å²) in [7, 11) is 2.15. The number of fused-ring (bicyclic) bond motifs is 3. The SMILES string of the molecule is CCCCc1ccnc(N2CCN3B2C(C)(CC)C(CC)(CCCc2ccccc2-c2cccc[n+]2C)[n+]2ccccc23)c1. The predicted molar refractivity (Wildman–Crippen MR) is 183 cm³/mol. The monoisotopic (exact) mass is 587 g/mol. The van der Waals surface area contributed by atoms with E-state index in [9.17, 15) is 0 Å². The molecule has 2 aliphatic rings. The van der Waals surface area contributed by atoms with Gasteiger partial charge in [-0.05, 0) is 86.4 Å². The van der Waals surface area contributed by atoms with E-state index in [1.54, 1.807) is 0 Å². The number of hydrogen-bond donors (Lipinski definition) is 0. The molecule has 1 aromatic carbocycles. The third kappa shape index (κ3) is 5.10. The number of unbranched alkanes of at least 4 members (excludes halogenated alkanes) is 1. The lowest BCUT2D eigenvalue weighted by atomic mass is 9.38. The Kier molecular flexibility index (Phi) is 8.80. The van der Waals surface area contributed by atoms with Crippen molar-refractivity contribution >= 4 is 18.6 Å². The average molecular weight is 588 g/mol. The van der Waals surface area contributed by atoms with Gasteiger partial charge in [0.15, 0.2) is 6.20 Å². The van der Waals surface area contributed by atoms with Crippen LogP contribution in [0.4, 0.5) is 11.6 Å². The molecule has 3 aromatic heterocycles. The number of rotatable bonds is 11. The predicted octanol–water partition coefficient (Wildman–Crippen LogP) is 7.33. The lowest BCUT2D eigenvalue weighted by Gasteiger charge is -2.53. The van der Waals surface area contributed by atoms with Crippen LogP contribution >= 0.6 is 0 Å². The van der Waals surface area contributed by atoms with Gasteiger partial charge in [0.05, 0.1) is 18.1 Å². The van der Waals surface area contributed by atoms with Crippen molar-refractivity contribution in [3.63, 3.8) is 0 Å². The Bertz CT molecular complexity index is 1590. The summed E-state index contributed by atoms with van der Waals surface area (Å²) in [5, 5.41) is 0.0176. The van der Waals surface area contributed by atoms with E-state index in [-0.39, 0.29) is 17.8 Å². The van der Waals surface area contributed by atoms with Crippen LogP contribution in [0.2, 0.25) is 5.31 Å². The van der Waals surface area contributed by atoms with Crippen molar-refractivity contribution in [2.24, 2.45) is 7.05 Å². The molecule has 0 aliphatic carbocycles. The Labute approximate surface area is 265 Å². The molecular weight excluding hydrogens is 537 g/mol. The first kappa shape index (κ1) is 30.4. The summed E-state index contributed by atoms with van der Waals surface area (Å²) in [4.78, 5) is 10.3. The van der Waals surface area contributed by atoms with Crippen molar-refractivity contribution in [2.45, 2.75) is 89.9 Å². The smallest absolute Gasteiger partial charge is 0.355 e. The largest absolute Gasteiger partial charge is 0.508 e. The van der Waals surface area contributed by atoms with Gasteiger partial charge < -0.3 is 9.62 Å². The number of nitrogens with zero attached hydrogens (tertiary/aromatic N) is 5. The van der Waals surface area contributed by atoms with Crippen molar-refractivity contribution in [1.29, 1.82) is 0 Å². The van der Waals surface area contributed by atoms with E-state index in [1.807, 2.05) is 6.20 Å². The molecule has 2 unspecified atom stereocenters. The first-order valence-corrected chi connectivity index (χ1v) is 17.0. The minimum Gasteiger partial charge on any atom is -0.355 e. The molecule has 0 N–H and O–H groups in total. The standard InChI is InChI=1S/C38H50BN5/c1-6-9-17-31-23-25-40-35(30-31)43-28-29-44-36-22-13-15-27-42(36)38(8-3,37(4,7-2)39(43)44)24-16-19-32-18-10-11-20-33(32)34-21-12-14-26-41(34)5/h10-15,18,20-23,25-27,30H,6-9,16-17,19,24,28-29H2,1-5H3/q+2. The van der Waals surface area contributed by atoms with Crippen LogP contribution in [0.25, 0.3) is 11.3 Å². The molecule has 0 bridgehead atoms. The molecular formula is C38H50BN5+2. The van der Waals surface area contributed by atoms with Gasteiger partial charge in [-0.1, -0.05) is 58.4 Å². The second-order valence-electron chi connectivity index (χ2n) is 13.2. The van der Waals surface area contributed by atoms with Crippen molar-refractivity contribution in [1.82, 2.24) is 4.98 Å². The lowest BCUT2D eigenvalue weighted by molar-refractivity contribution is -0.763. The average Bonchev–Trinajstić information content (AvgIpc) is 3.52. The molecule has 5 heterocycles. The van der Waals surface area contributed by atoms with E-state index in [4.69, 9.17) is 4.98 Å². The van der Waals surface area contributed by atoms with Gasteiger partial charge >= 0.3 is 6.98 Å². The van der Waals surface area contributed by atoms with Gasteiger partial charge in [0.2, 0.25) is 5.69 Å². The molecule has 2 atom stereocenters. The van der Waals surface area contributed by atoms with Gasteiger partial charge in [-0.15, -0.1) is 0 Å². The number of aromatic nitrogens is 3. The molecule has 6 rings (SSSR count). The molecule has 5 nitrogen and oxygen atoms in total.